The van der Waals surface area contributed by atoms with Gasteiger partial charge in [0, 0.05) is 11.8 Å². The van der Waals surface area contributed by atoms with Gasteiger partial charge in [-0.05, 0) is 12.1 Å². The molecule has 0 aliphatic rings. The lowest BCUT2D eigenvalue weighted by atomic mass is 9.93. The van der Waals surface area contributed by atoms with E-state index in [1.807, 2.05) is 0 Å². The van der Waals surface area contributed by atoms with Crippen molar-refractivity contribution in [1.29, 1.82) is 0 Å². The number of benzene rings is 1. The van der Waals surface area contributed by atoms with Crippen LogP contribution in [0.15, 0.2) is 36.5 Å². The van der Waals surface area contributed by atoms with Crippen LogP contribution in [0.3, 0.4) is 0 Å². The molecule has 2 aromatic rings. The van der Waals surface area contributed by atoms with Crippen LogP contribution in [0.4, 0.5) is 0 Å². The smallest absolute Gasteiger partial charge is 0.505 e. The Kier molecular flexibility index (Phi) is 4.51. The second kappa shape index (κ2) is 6.38. The summed E-state index contributed by atoms with van der Waals surface area (Å²) in [7, 11) is 0. The van der Waals surface area contributed by atoms with E-state index in [1.54, 1.807) is 0 Å². The van der Waals surface area contributed by atoms with Crippen LogP contribution >= 0.6 is 0 Å². The second-order valence-corrected chi connectivity index (χ2v) is 4.72. The first kappa shape index (κ1) is 17.0. The maximum absolute atomic E-state index is 11.6. The quantitative estimate of drug-likeness (QED) is 0.341. The molecule has 2 rings (SSSR count). The fourth-order valence-electron chi connectivity index (χ4n) is 2.32. The van der Waals surface area contributed by atoms with Gasteiger partial charge in [0.05, 0.1) is 12.2 Å². The van der Waals surface area contributed by atoms with Crippen LogP contribution in [-0.4, -0.2) is 31.3 Å². The largest absolute Gasteiger partial charge is 0.530 e. The van der Waals surface area contributed by atoms with Gasteiger partial charge in [0.1, 0.15) is 15.4 Å². The summed E-state index contributed by atoms with van der Waals surface area (Å²) in [6.07, 6.45) is 1.02. The van der Waals surface area contributed by atoms with E-state index >= 15 is 0 Å². The van der Waals surface area contributed by atoms with Crippen LogP contribution < -0.4 is 0 Å². The SMILES string of the molecule is O=Cc1c(CO)cnc(C(c2ccccc2)([N+](=O)[O-])[N+](=O)[O-])c1O. The third kappa shape index (κ3) is 2.34. The van der Waals surface area contributed by atoms with Gasteiger partial charge < -0.3 is 10.2 Å². The van der Waals surface area contributed by atoms with E-state index in [0.29, 0.717) is 0 Å². The average Bonchev–Trinajstić information content (AvgIpc) is 2.56. The monoisotopic (exact) mass is 333 g/mol. The molecule has 1 heterocycles. The number of aldehydes is 1. The van der Waals surface area contributed by atoms with Gasteiger partial charge in [-0.1, -0.05) is 18.2 Å². The topological polar surface area (TPSA) is 157 Å². The Morgan fingerprint density at radius 3 is 2.21 bits per heavy atom. The van der Waals surface area contributed by atoms with Crippen molar-refractivity contribution < 1.29 is 24.9 Å². The molecule has 0 aliphatic carbocycles. The van der Waals surface area contributed by atoms with Crippen LogP contribution in [0.1, 0.15) is 27.2 Å². The molecule has 10 nitrogen and oxygen atoms in total. The molecule has 0 saturated carbocycles. The highest BCUT2D eigenvalue weighted by Crippen LogP contribution is 2.39. The molecule has 0 fully saturated rings. The highest BCUT2D eigenvalue weighted by Gasteiger charge is 2.63. The maximum Gasteiger partial charge on any atom is 0.530 e. The molecule has 24 heavy (non-hydrogen) atoms. The lowest BCUT2D eigenvalue weighted by Crippen LogP contribution is -2.45. The van der Waals surface area contributed by atoms with Crippen LogP contribution in [0.25, 0.3) is 0 Å². The van der Waals surface area contributed by atoms with E-state index in [-0.39, 0.29) is 17.4 Å². The second-order valence-electron chi connectivity index (χ2n) is 4.72. The molecule has 124 valence electrons. The van der Waals surface area contributed by atoms with E-state index in [9.17, 15) is 30.1 Å². The molecule has 1 aromatic carbocycles. The Labute approximate surface area is 134 Å². The van der Waals surface area contributed by atoms with Crippen LogP contribution in [0.2, 0.25) is 0 Å². The molecular formula is C14H11N3O7. The summed E-state index contributed by atoms with van der Waals surface area (Å²) in [6, 6.07) is 6.52. The first-order valence-corrected chi connectivity index (χ1v) is 6.53. The number of carbonyl (C=O) groups is 1. The van der Waals surface area contributed by atoms with Gasteiger partial charge in [-0.25, -0.2) is 4.98 Å². The van der Waals surface area contributed by atoms with Crippen molar-refractivity contribution in [3.63, 3.8) is 0 Å². The van der Waals surface area contributed by atoms with Crippen LogP contribution in [0, 0.1) is 20.2 Å². The minimum absolute atomic E-state index is 0.111. The molecule has 10 heteroatoms. The molecule has 0 radical (unpaired) electrons. The average molecular weight is 333 g/mol. The van der Waals surface area contributed by atoms with Crippen molar-refractivity contribution in [2.24, 2.45) is 0 Å². The Balaban J connectivity index is 2.91. The minimum Gasteiger partial charge on any atom is -0.505 e. The van der Waals surface area contributed by atoms with E-state index in [4.69, 9.17) is 5.11 Å². The molecule has 2 N–H and O–H groups in total. The number of hydrogen-bond acceptors (Lipinski definition) is 8. The number of aliphatic hydroxyl groups excluding tert-OH is 1. The zero-order valence-electron chi connectivity index (χ0n) is 12.0. The summed E-state index contributed by atoms with van der Waals surface area (Å²) >= 11 is 0. The van der Waals surface area contributed by atoms with Gasteiger partial charge in [-0.15, -0.1) is 0 Å². The first-order valence-electron chi connectivity index (χ1n) is 6.53. The van der Waals surface area contributed by atoms with Crippen molar-refractivity contribution in [2.75, 3.05) is 0 Å². The number of rotatable bonds is 6. The van der Waals surface area contributed by atoms with Gasteiger partial charge in [0.2, 0.25) is 5.69 Å². The lowest BCUT2D eigenvalue weighted by molar-refractivity contribution is -0.797. The van der Waals surface area contributed by atoms with Crippen LogP contribution in [0.5, 0.6) is 5.75 Å². The van der Waals surface area contributed by atoms with Crippen molar-refractivity contribution in [2.45, 2.75) is 12.3 Å². The zero-order chi connectivity index (χ0) is 17.9. The summed E-state index contributed by atoms with van der Waals surface area (Å²) in [5.41, 5.74) is -4.97. The van der Waals surface area contributed by atoms with Gasteiger partial charge in [-0.2, -0.15) is 0 Å². The molecule has 0 aliphatic heterocycles. The normalized spacial score (nSPS) is 11.0. The van der Waals surface area contributed by atoms with Gasteiger partial charge in [-0.3, -0.25) is 25.0 Å². The number of hydrogen-bond donors (Lipinski definition) is 2. The first-order chi connectivity index (χ1) is 11.4. The van der Waals surface area contributed by atoms with Crippen molar-refractivity contribution >= 4 is 6.29 Å². The Hall–Kier alpha value is -3.40. The third-order valence-corrected chi connectivity index (χ3v) is 3.50. The van der Waals surface area contributed by atoms with Crippen molar-refractivity contribution in [3.8, 4) is 5.75 Å². The number of carbonyl (C=O) groups excluding carboxylic acids is 1. The number of aromatic hydroxyl groups is 1. The van der Waals surface area contributed by atoms with E-state index in [2.05, 4.69) is 4.98 Å². The number of aliphatic hydroxyl groups is 1. The predicted octanol–water partition coefficient (Wildman–Crippen LogP) is 0.846. The molecule has 0 saturated heterocycles. The minimum atomic E-state index is -3.10. The highest BCUT2D eigenvalue weighted by atomic mass is 16.7. The number of nitro groups is 2. The molecule has 1 aromatic heterocycles. The summed E-state index contributed by atoms with van der Waals surface area (Å²) in [4.78, 5) is 35.6. The Morgan fingerprint density at radius 1 is 1.17 bits per heavy atom. The molecule has 0 spiro atoms. The standard InChI is InChI=1S/C14H11N3O7/c18-7-9-6-15-13(12(20)11(9)8-19)14(16(21)22,17(23)24)10-4-2-1-3-5-10/h1-6,8,18,20H,7H2. The fourth-order valence-corrected chi connectivity index (χ4v) is 2.32. The third-order valence-electron chi connectivity index (χ3n) is 3.50. The summed E-state index contributed by atoms with van der Waals surface area (Å²) in [5.74, 6) is -1.02. The zero-order valence-corrected chi connectivity index (χ0v) is 12.0. The number of aromatic nitrogens is 1. The molecule has 0 atom stereocenters. The Bertz CT molecular complexity index is 794. The van der Waals surface area contributed by atoms with Gasteiger partial charge in [0.25, 0.3) is 0 Å². The number of pyridine rings is 1. The summed E-state index contributed by atoms with van der Waals surface area (Å²) < 4.78 is 0. The predicted molar refractivity (Wildman–Crippen MR) is 78.4 cm³/mol. The van der Waals surface area contributed by atoms with Gasteiger partial charge in [0.15, 0.2) is 12.0 Å². The van der Waals surface area contributed by atoms with E-state index in [0.717, 1.165) is 18.3 Å². The maximum atomic E-state index is 11.6. The summed E-state index contributed by atoms with van der Waals surface area (Å²) in [6.45, 7) is -0.676. The highest BCUT2D eigenvalue weighted by molar-refractivity contribution is 5.82. The number of nitrogens with zero attached hydrogens (tertiary/aromatic N) is 3. The van der Waals surface area contributed by atoms with Crippen LogP contribution in [-0.2, 0) is 12.3 Å². The van der Waals surface area contributed by atoms with Gasteiger partial charge >= 0.3 is 5.66 Å². The Morgan fingerprint density at radius 2 is 1.75 bits per heavy atom. The van der Waals surface area contributed by atoms with E-state index < -0.39 is 39.1 Å². The molecule has 0 amide bonds. The summed E-state index contributed by atoms with van der Waals surface area (Å²) in [5, 5.41) is 42.6. The van der Waals surface area contributed by atoms with Crippen molar-refractivity contribution in [3.05, 3.63) is 79.1 Å². The van der Waals surface area contributed by atoms with E-state index in [1.165, 1.54) is 18.2 Å². The lowest BCUT2D eigenvalue weighted by Gasteiger charge is -2.18. The fraction of sp³-hybridized carbons (Fsp3) is 0.143. The van der Waals surface area contributed by atoms with Crippen molar-refractivity contribution in [1.82, 2.24) is 4.98 Å². The molecule has 0 unspecified atom stereocenters. The molecule has 0 bridgehead atoms. The molecular weight excluding hydrogens is 322 g/mol.